The third-order valence-corrected chi connectivity index (χ3v) is 4.82. The second kappa shape index (κ2) is 6.18. The van der Waals surface area contributed by atoms with Gasteiger partial charge in [0.05, 0.1) is 31.6 Å². The number of phenols is 1. The van der Waals surface area contributed by atoms with Crippen LogP contribution in [-0.2, 0) is 12.8 Å². The molecule has 1 aromatic carbocycles. The normalized spacial score (nSPS) is 11.3. The van der Waals surface area contributed by atoms with Gasteiger partial charge in [-0.2, -0.15) is 0 Å². The SMILES string of the molecule is CCc1nc2ncc(Cl)cn2c1Cc1cc(Br)c(O)c(Br)c1. The van der Waals surface area contributed by atoms with Gasteiger partial charge in [-0.1, -0.05) is 18.5 Å². The smallest absolute Gasteiger partial charge is 0.234 e. The molecule has 0 bridgehead atoms. The van der Waals surface area contributed by atoms with Gasteiger partial charge in [-0.3, -0.25) is 4.40 Å². The van der Waals surface area contributed by atoms with Crippen molar-refractivity contribution in [2.75, 3.05) is 0 Å². The molecule has 0 radical (unpaired) electrons. The van der Waals surface area contributed by atoms with E-state index in [0.717, 1.165) is 23.4 Å². The average molecular weight is 446 g/mol. The summed E-state index contributed by atoms with van der Waals surface area (Å²) in [4.78, 5) is 8.81. The average Bonchev–Trinajstić information content (AvgIpc) is 2.82. The molecule has 114 valence electrons. The molecule has 2 aromatic heterocycles. The summed E-state index contributed by atoms with van der Waals surface area (Å²) in [5, 5.41) is 10.4. The summed E-state index contributed by atoms with van der Waals surface area (Å²) in [7, 11) is 0. The van der Waals surface area contributed by atoms with Crippen molar-refractivity contribution in [3.8, 4) is 5.75 Å². The van der Waals surface area contributed by atoms with Crippen LogP contribution in [0.25, 0.3) is 5.78 Å². The maximum absolute atomic E-state index is 9.83. The molecular weight excluding hydrogens is 433 g/mol. The molecule has 1 N–H and O–H groups in total. The second-order valence-electron chi connectivity index (χ2n) is 4.89. The van der Waals surface area contributed by atoms with Crippen molar-refractivity contribution < 1.29 is 5.11 Å². The molecule has 3 aromatic rings. The number of nitrogens with zero attached hydrogens (tertiary/aromatic N) is 3. The zero-order valence-electron chi connectivity index (χ0n) is 11.6. The Morgan fingerprint density at radius 3 is 2.59 bits per heavy atom. The molecule has 0 fully saturated rings. The zero-order chi connectivity index (χ0) is 15.9. The highest BCUT2D eigenvalue weighted by Crippen LogP contribution is 2.34. The van der Waals surface area contributed by atoms with E-state index in [1.807, 2.05) is 22.7 Å². The number of imidazole rings is 1. The predicted octanol–water partition coefficient (Wildman–Crippen LogP) is 4.77. The van der Waals surface area contributed by atoms with Crippen LogP contribution in [0.15, 0.2) is 33.5 Å². The standard InChI is InChI=1S/C15H12Br2ClN3O/c1-2-12-13(21-7-9(18)6-19-15(21)20-12)5-8-3-10(16)14(22)11(17)4-8/h3-4,6-7,22H,2,5H2,1H3. The largest absolute Gasteiger partial charge is 0.506 e. The van der Waals surface area contributed by atoms with Gasteiger partial charge in [-0.15, -0.1) is 0 Å². The molecule has 0 aliphatic heterocycles. The van der Waals surface area contributed by atoms with Crippen molar-refractivity contribution in [1.82, 2.24) is 14.4 Å². The fraction of sp³-hybridized carbons (Fsp3) is 0.200. The summed E-state index contributed by atoms with van der Waals surface area (Å²) in [5.74, 6) is 0.843. The number of hydrogen-bond donors (Lipinski definition) is 1. The molecule has 2 heterocycles. The molecule has 0 amide bonds. The van der Waals surface area contributed by atoms with E-state index in [0.29, 0.717) is 26.2 Å². The lowest BCUT2D eigenvalue weighted by Gasteiger charge is -2.08. The van der Waals surface area contributed by atoms with Crippen LogP contribution in [0, 0.1) is 0 Å². The predicted molar refractivity (Wildman–Crippen MR) is 93.7 cm³/mol. The number of fused-ring (bicyclic) bond motifs is 1. The molecule has 0 aliphatic carbocycles. The second-order valence-corrected chi connectivity index (χ2v) is 7.03. The molecule has 0 saturated heterocycles. The summed E-state index contributed by atoms with van der Waals surface area (Å²) in [6, 6.07) is 3.80. The lowest BCUT2D eigenvalue weighted by Crippen LogP contribution is -1.99. The van der Waals surface area contributed by atoms with Gasteiger partial charge in [0, 0.05) is 12.6 Å². The maximum atomic E-state index is 9.83. The molecule has 0 atom stereocenters. The van der Waals surface area contributed by atoms with Crippen molar-refractivity contribution in [2.45, 2.75) is 19.8 Å². The van der Waals surface area contributed by atoms with Gasteiger partial charge in [0.2, 0.25) is 5.78 Å². The number of halogens is 3. The number of rotatable bonds is 3. The van der Waals surface area contributed by atoms with E-state index in [4.69, 9.17) is 11.6 Å². The van der Waals surface area contributed by atoms with E-state index in [2.05, 4.69) is 48.8 Å². The number of hydrogen-bond acceptors (Lipinski definition) is 3. The number of aromatic hydroxyl groups is 1. The van der Waals surface area contributed by atoms with Crippen molar-refractivity contribution in [1.29, 1.82) is 0 Å². The highest BCUT2D eigenvalue weighted by molar-refractivity contribution is 9.11. The van der Waals surface area contributed by atoms with E-state index < -0.39 is 0 Å². The van der Waals surface area contributed by atoms with Crippen molar-refractivity contribution in [3.05, 3.63) is 55.4 Å². The summed E-state index contributed by atoms with van der Waals surface area (Å²) in [5.41, 5.74) is 3.10. The number of aromatic nitrogens is 3. The number of phenolic OH excluding ortho intramolecular Hbond substituents is 1. The summed E-state index contributed by atoms with van der Waals surface area (Å²) in [6.45, 7) is 2.07. The van der Waals surface area contributed by atoms with Crippen molar-refractivity contribution in [3.63, 3.8) is 0 Å². The maximum Gasteiger partial charge on any atom is 0.234 e. The van der Waals surface area contributed by atoms with E-state index >= 15 is 0 Å². The first-order valence-corrected chi connectivity index (χ1v) is 8.64. The Morgan fingerprint density at radius 2 is 1.95 bits per heavy atom. The molecule has 4 nitrogen and oxygen atoms in total. The minimum atomic E-state index is 0.197. The molecule has 3 rings (SSSR count). The van der Waals surface area contributed by atoms with Gasteiger partial charge in [-0.05, 0) is 56.0 Å². The van der Waals surface area contributed by atoms with Crippen LogP contribution in [0.3, 0.4) is 0 Å². The van der Waals surface area contributed by atoms with Crippen LogP contribution < -0.4 is 0 Å². The molecule has 7 heteroatoms. The summed E-state index contributed by atoms with van der Waals surface area (Å²) in [6.07, 6.45) is 4.91. The lowest BCUT2D eigenvalue weighted by atomic mass is 10.1. The van der Waals surface area contributed by atoms with Gasteiger partial charge in [-0.25, -0.2) is 9.97 Å². The summed E-state index contributed by atoms with van der Waals surface area (Å²) >= 11 is 12.8. The Labute approximate surface area is 149 Å². The Balaban J connectivity index is 2.12. The first-order valence-electron chi connectivity index (χ1n) is 6.67. The van der Waals surface area contributed by atoms with Crippen LogP contribution in [0.5, 0.6) is 5.75 Å². The highest BCUT2D eigenvalue weighted by Gasteiger charge is 2.14. The minimum Gasteiger partial charge on any atom is -0.506 e. The fourth-order valence-corrected chi connectivity index (χ4v) is 3.81. The lowest BCUT2D eigenvalue weighted by molar-refractivity contribution is 0.468. The van der Waals surface area contributed by atoms with E-state index in [1.54, 1.807) is 6.20 Å². The Morgan fingerprint density at radius 1 is 1.27 bits per heavy atom. The van der Waals surface area contributed by atoms with Gasteiger partial charge >= 0.3 is 0 Å². The Bertz CT molecular complexity index is 840. The van der Waals surface area contributed by atoms with Gasteiger partial charge in [0.25, 0.3) is 0 Å². The van der Waals surface area contributed by atoms with E-state index in [9.17, 15) is 5.11 Å². The summed E-state index contributed by atoms with van der Waals surface area (Å²) < 4.78 is 3.23. The van der Waals surface area contributed by atoms with Gasteiger partial charge < -0.3 is 5.11 Å². The molecule has 0 aliphatic rings. The van der Waals surface area contributed by atoms with Crippen LogP contribution in [-0.4, -0.2) is 19.5 Å². The number of aryl methyl sites for hydroxylation is 1. The molecule has 0 spiro atoms. The first kappa shape index (κ1) is 15.8. The van der Waals surface area contributed by atoms with E-state index in [1.165, 1.54) is 0 Å². The highest BCUT2D eigenvalue weighted by atomic mass is 79.9. The van der Waals surface area contributed by atoms with Crippen LogP contribution in [0.1, 0.15) is 23.9 Å². The monoisotopic (exact) mass is 443 g/mol. The van der Waals surface area contributed by atoms with Crippen LogP contribution >= 0.6 is 43.5 Å². The molecule has 22 heavy (non-hydrogen) atoms. The van der Waals surface area contributed by atoms with Crippen molar-refractivity contribution in [2.24, 2.45) is 0 Å². The first-order chi connectivity index (χ1) is 10.5. The third kappa shape index (κ3) is 2.87. The fourth-order valence-electron chi connectivity index (χ4n) is 2.39. The molecule has 0 unspecified atom stereocenters. The molecular formula is C15H12Br2ClN3O. The van der Waals surface area contributed by atoms with Crippen LogP contribution in [0.2, 0.25) is 5.02 Å². The minimum absolute atomic E-state index is 0.197. The van der Waals surface area contributed by atoms with E-state index in [-0.39, 0.29) is 5.75 Å². The van der Waals surface area contributed by atoms with Gasteiger partial charge in [0.1, 0.15) is 5.75 Å². The number of benzene rings is 1. The zero-order valence-corrected chi connectivity index (χ0v) is 15.6. The van der Waals surface area contributed by atoms with Crippen LogP contribution in [0.4, 0.5) is 0 Å². The Kier molecular flexibility index (Phi) is 4.43. The Hall–Kier alpha value is -1.11. The van der Waals surface area contributed by atoms with Crippen molar-refractivity contribution >= 4 is 49.2 Å². The topological polar surface area (TPSA) is 50.4 Å². The quantitative estimate of drug-likeness (QED) is 0.632. The molecule has 0 saturated carbocycles. The van der Waals surface area contributed by atoms with Gasteiger partial charge in [0.15, 0.2) is 0 Å². The third-order valence-electron chi connectivity index (χ3n) is 3.41.